The van der Waals surface area contributed by atoms with Crippen LogP contribution in [0, 0.1) is 17.2 Å². The van der Waals surface area contributed by atoms with Gasteiger partial charge in [0.15, 0.2) is 0 Å². The van der Waals surface area contributed by atoms with Crippen molar-refractivity contribution in [3.8, 4) is 11.8 Å². The molecule has 0 spiro atoms. The zero-order valence-corrected chi connectivity index (χ0v) is 13.6. The lowest BCUT2D eigenvalue weighted by Gasteiger charge is -2.27. The minimum Gasteiger partial charge on any atom is -0.360 e. The van der Waals surface area contributed by atoms with Crippen LogP contribution in [-0.2, 0) is 4.79 Å². The molecule has 1 aromatic heterocycles. The second-order valence-electron chi connectivity index (χ2n) is 5.85. The van der Waals surface area contributed by atoms with Crippen LogP contribution in [0.3, 0.4) is 0 Å². The molecule has 1 heterocycles. The fourth-order valence-electron chi connectivity index (χ4n) is 1.95. The van der Waals surface area contributed by atoms with Crippen molar-refractivity contribution in [2.75, 3.05) is 11.9 Å². The Morgan fingerprint density at radius 1 is 1.35 bits per heavy atom. The van der Waals surface area contributed by atoms with Crippen molar-refractivity contribution in [1.29, 1.82) is 5.26 Å². The van der Waals surface area contributed by atoms with Gasteiger partial charge in [-0.05, 0) is 25.0 Å². The highest BCUT2D eigenvalue weighted by atomic mass is 16.2. The van der Waals surface area contributed by atoms with Gasteiger partial charge in [0.2, 0.25) is 5.91 Å². The maximum absolute atomic E-state index is 12.0. The average Bonchev–Trinajstić information content (AvgIpc) is 3.02. The van der Waals surface area contributed by atoms with Crippen molar-refractivity contribution in [2.45, 2.75) is 26.3 Å². The van der Waals surface area contributed by atoms with E-state index in [-0.39, 0.29) is 18.4 Å². The van der Waals surface area contributed by atoms with E-state index in [0.29, 0.717) is 5.82 Å². The van der Waals surface area contributed by atoms with Gasteiger partial charge in [0.1, 0.15) is 11.4 Å². The van der Waals surface area contributed by atoms with E-state index in [1.54, 1.807) is 17.7 Å². The van der Waals surface area contributed by atoms with Crippen LogP contribution in [0.4, 0.5) is 5.82 Å². The highest BCUT2D eigenvalue weighted by Gasteiger charge is 2.29. The van der Waals surface area contributed by atoms with E-state index < -0.39 is 5.54 Å². The highest BCUT2D eigenvalue weighted by molar-refractivity contribution is 5.81. The van der Waals surface area contributed by atoms with Crippen molar-refractivity contribution < 1.29 is 4.79 Å². The zero-order chi connectivity index (χ0) is 16.9. The molecule has 0 bridgehead atoms. The summed E-state index contributed by atoms with van der Waals surface area (Å²) in [7, 11) is 0. The third-order valence-electron chi connectivity index (χ3n) is 3.83. The summed E-state index contributed by atoms with van der Waals surface area (Å²) in [6.45, 7) is 5.59. The van der Waals surface area contributed by atoms with E-state index in [2.05, 4.69) is 21.8 Å². The molecule has 0 unspecified atom stereocenters. The Hall–Kier alpha value is -2.81. The van der Waals surface area contributed by atoms with Gasteiger partial charge in [-0.25, -0.2) is 4.68 Å². The molecule has 2 N–H and O–H groups in total. The van der Waals surface area contributed by atoms with Gasteiger partial charge < -0.3 is 10.6 Å². The SMILES string of the molecule is CC(C)[C@@](C)(C#N)NC(=O)CNc1ccn(-c2ccccc2)n1. The fraction of sp³-hybridized carbons (Fsp3) is 0.353. The normalized spacial score (nSPS) is 13.2. The molecule has 23 heavy (non-hydrogen) atoms. The lowest BCUT2D eigenvalue weighted by molar-refractivity contribution is -0.121. The molecule has 120 valence electrons. The van der Waals surface area contributed by atoms with Crippen molar-refractivity contribution in [1.82, 2.24) is 15.1 Å². The molecule has 1 amide bonds. The molecule has 6 heteroatoms. The van der Waals surface area contributed by atoms with Gasteiger partial charge in [-0.1, -0.05) is 32.0 Å². The summed E-state index contributed by atoms with van der Waals surface area (Å²) in [4.78, 5) is 12.0. The first-order chi connectivity index (χ1) is 10.9. The van der Waals surface area contributed by atoms with E-state index in [9.17, 15) is 10.1 Å². The van der Waals surface area contributed by atoms with Crippen molar-refractivity contribution in [2.24, 2.45) is 5.92 Å². The van der Waals surface area contributed by atoms with Crippen LogP contribution >= 0.6 is 0 Å². The predicted octanol–water partition coefficient (Wildman–Crippen LogP) is 2.34. The molecule has 0 radical (unpaired) electrons. The summed E-state index contributed by atoms with van der Waals surface area (Å²) in [5.74, 6) is 0.387. The molecule has 0 saturated heterocycles. The third-order valence-corrected chi connectivity index (χ3v) is 3.83. The van der Waals surface area contributed by atoms with Crippen molar-refractivity contribution in [3.63, 3.8) is 0 Å². The summed E-state index contributed by atoms with van der Waals surface area (Å²) in [5.41, 5.74) is 0.0733. The quantitative estimate of drug-likeness (QED) is 0.858. The summed E-state index contributed by atoms with van der Waals surface area (Å²) in [5, 5.41) is 19.3. The van der Waals surface area contributed by atoms with E-state index in [1.807, 2.05) is 50.4 Å². The maximum Gasteiger partial charge on any atom is 0.240 e. The van der Waals surface area contributed by atoms with Crippen LogP contribution < -0.4 is 10.6 Å². The van der Waals surface area contributed by atoms with Gasteiger partial charge in [-0.3, -0.25) is 4.79 Å². The van der Waals surface area contributed by atoms with Gasteiger partial charge in [0.05, 0.1) is 18.3 Å². The molecule has 2 rings (SSSR count). The summed E-state index contributed by atoms with van der Waals surface area (Å²) in [6, 6.07) is 13.7. The van der Waals surface area contributed by atoms with Crippen LogP contribution in [-0.4, -0.2) is 27.8 Å². The number of anilines is 1. The number of amides is 1. The Kier molecular flexibility index (Phi) is 5.02. The van der Waals surface area contributed by atoms with Crippen LogP contribution in [0.15, 0.2) is 42.6 Å². The van der Waals surface area contributed by atoms with Crippen LogP contribution in [0.25, 0.3) is 5.69 Å². The number of carbonyl (C=O) groups is 1. The third kappa shape index (κ3) is 4.10. The minimum atomic E-state index is -0.873. The number of para-hydroxylation sites is 1. The molecule has 0 aliphatic heterocycles. The van der Waals surface area contributed by atoms with Crippen molar-refractivity contribution >= 4 is 11.7 Å². The van der Waals surface area contributed by atoms with E-state index >= 15 is 0 Å². The van der Waals surface area contributed by atoms with Crippen LogP contribution in [0.1, 0.15) is 20.8 Å². The van der Waals surface area contributed by atoms with Crippen molar-refractivity contribution in [3.05, 3.63) is 42.6 Å². The Bertz CT molecular complexity index is 701. The smallest absolute Gasteiger partial charge is 0.240 e. The number of hydrogen-bond acceptors (Lipinski definition) is 4. The molecule has 0 aliphatic rings. The number of hydrogen-bond donors (Lipinski definition) is 2. The zero-order valence-electron chi connectivity index (χ0n) is 13.6. The van der Waals surface area contributed by atoms with Gasteiger partial charge >= 0.3 is 0 Å². The first-order valence-electron chi connectivity index (χ1n) is 7.52. The molecular formula is C17H21N5O. The van der Waals surface area contributed by atoms with E-state index in [0.717, 1.165) is 5.69 Å². The number of nitrogens with one attached hydrogen (secondary N) is 2. The Balaban J connectivity index is 1.93. The van der Waals surface area contributed by atoms with Gasteiger partial charge in [0, 0.05) is 12.3 Å². The summed E-state index contributed by atoms with van der Waals surface area (Å²) in [6.07, 6.45) is 1.82. The Labute approximate surface area is 136 Å². The van der Waals surface area contributed by atoms with Gasteiger partial charge in [-0.15, -0.1) is 0 Å². The number of rotatable bonds is 6. The number of aromatic nitrogens is 2. The topological polar surface area (TPSA) is 82.7 Å². The Morgan fingerprint density at radius 2 is 2.04 bits per heavy atom. The summed E-state index contributed by atoms with van der Waals surface area (Å²) >= 11 is 0. The first-order valence-corrected chi connectivity index (χ1v) is 7.52. The first kappa shape index (κ1) is 16.6. The standard InChI is InChI=1S/C17H21N5O/c1-13(2)17(3,12-18)20-16(23)11-19-15-9-10-22(21-15)14-7-5-4-6-8-14/h4-10,13H,11H2,1-3H3,(H,19,21)(H,20,23)/t17-/m1/s1. The molecule has 0 saturated carbocycles. The van der Waals surface area contributed by atoms with Crippen LogP contribution in [0.5, 0.6) is 0 Å². The molecule has 2 aromatic rings. The largest absolute Gasteiger partial charge is 0.360 e. The lowest BCUT2D eigenvalue weighted by atomic mass is 9.90. The molecule has 1 aromatic carbocycles. The molecule has 1 atom stereocenters. The number of carbonyl (C=O) groups excluding carboxylic acids is 1. The molecule has 0 fully saturated rings. The highest BCUT2D eigenvalue weighted by Crippen LogP contribution is 2.15. The predicted molar refractivity (Wildman–Crippen MR) is 89.1 cm³/mol. The van der Waals surface area contributed by atoms with Gasteiger partial charge in [0.25, 0.3) is 0 Å². The fourth-order valence-corrected chi connectivity index (χ4v) is 1.95. The number of nitriles is 1. The maximum atomic E-state index is 12.0. The molecular weight excluding hydrogens is 290 g/mol. The minimum absolute atomic E-state index is 0.0220. The van der Waals surface area contributed by atoms with E-state index in [1.165, 1.54) is 0 Å². The summed E-state index contributed by atoms with van der Waals surface area (Å²) < 4.78 is 1.73. The molecule has 0 aliphatic carbocycles. The lowest BCUT2D eigenvalue weighted by Crippen LogP contribution is -2.50. The average molecular weight is 311 g/mol. The molecule has 6 nitrogen and oxygen atoms in total. The monoisotopic (exact) mass is 311 g/mol. The Morgan fingerprint density at radius 3 is 2.65 bits per heavy atom. The van der Waals surface area contributed by atoms with Crippen LogP contribution in [0.2, 0.25) is 0 Å². The number of nitrogens with zero attached hydrogens (tertiary/aromatic N) is 3. The van der Waals surface area contributed by atoms with Gasteiger partial charge in [-0.2, -0.15) is 10.4 Å². The number of benzene rings is 1. The van der Waals surface area contributed by atoms with E-state index in [4.69, 9.17) is 0 Å². The second-order valence-corrected chi connectivity index (χ2v) is 5.85. The second kappa shape index (κ2) is 6.97.